The molecule has 0 bridgehead atoms. The van der Waals surface area contributed by atoms with Gasteiger partial charge in [-0.3, -0.25) is 19.8 Å². The number of aliphatic carboxylic acids is 1. The molecule has 5 rings (SSSR count). The van der Waals surface area contributed by atoms with E-state index in [2.05, 4.69) is 21.2 Å². The van der Waals surface area contributed by atoms with E-state index in [1.165, 1.54) is 7.11 Å². The third-order valence-electron chi connectivity index (χ3n) is 7.66. The second-order valence-corrected chi connectivity index (χ2v) is 14.3. The number of carbonyl (C=O) groups is 4. The highest BCUT2D eigenvalue weighted by atomic mass is 79.9. The van der Waals surface area contributed by atoms with Crippen molar-refractivity contribution >= 4 is 67.9 Å². The molecule has 12 heteroatoms. The lowest BCUT2D eigenvalue weighted by Gasteiger charge is -2.54. The highest BCUT2D eigenvalue weighted by Gasteiger charge is 2.67. The summed E-state index contributed by atoms with van der Waals surface area (Å²) in [5.41, 5.74) is -1.79. The van der Waals surface area contributed by atoms with Gasteiger partial charge < -0.3 is 19.3 Å². The Morgan fingerprint density at radius 2 is 1.30 bits per heavy atom. The number of carboxylic acid groups (broad SMARTS) is 1. The quantitative estimate of drug-likeness (QED) is 0.0929. The summed E-state index contributed by atoms with van der Waals surface area (Å²) in [7, 11) is 1.18. The zero-order valence-electron chi connectivity index (χ0n) is 25.3. The van der Waals surface area contributed by atoms with E-state index in [0.717, 1.165) is 4.90 Å². The van der Waals surface area contributed by atoms with Gasteiger partial charge in [-0.1, -0.05) is 137 Å². The maximum Gasteiger partial charge on any atom is 0.410 e. The molecule has 1 saturated heterocycles. The van der Waals surface area contributed by atoms with Gasteiger partial charge in [-0.15, -0.1) is 0 Å². The number of Topliss-reactive ketones (excluding diaryl/α,β-unsaturated/α-hetero) is 1. The lowest BCUT2D eigenvalue weighted by atomic mass is 9.99. The zero-order valence-corrected chi connectivity index (χ0v) is 27.8. The van der Waals surface area contributed by atoms with E-state index >= 15 is 0 Å². The normalized spacial score (nSPS) is 17.4. The fraction of sp³-hybridized carbons (Fsp3) is 0.171. The molecule has 1 aliphatic heterocycles. The van der Waals surface area contributed by atoms with Crippen molar-refractivity contribution in [2.75, 3.05) is 19.0 Å². The van der Waals surface area contributed by atoms with Crippen LogP contribution in [0.5, 0.6) is 0 Å². The van der Waals surface area contributed by atoms with Crippen molar-refractivity contribution < 1.29 is 38.5 Å². The first kappa shape index (κ1) is 33.8. The topological polar surface area (TPSA) is 131 Å². The number of nitrogens with one attached hydrogen (secondary N) is 1. The van der Waals surface area contributed by atoms with Crippen molar-refractivity contribution in [3.63, 3.8) is 0 Å². The number of carboxylic acids is 1. The number of carbonyl (C=O) groups excluding carboxylic acids is 3. The van der Waals surface area contributed by atoms with E-state index in [1.807, 2.05) is 60.7 Å². The number of hydrogen-bond donors (Lipinski definition) is 2. The number of alkyl halides is 1. The Morgan fingerprint density at radius 1 is 0.830 bits per heavy atom. The van der Waals surface area contributed by atoms with Crippen molar-refractivity contribution in [3.8, 4) is 0 Å². The van der Waals surface area contributed by atoms with Crippen LogP contribution in [-0.4, -0.2) is 70.2 Å². The minimum absolute atomic E-state index is 0.0509. The number of amides is 2. The van der Waals surface area contributed by atoms with Gasteiger partial charge in [0.1, 0.15) is 18.6 Å². The number of ether oxygens (including phenoxy) is 3. The molecule has 2 N–H and O–H groups in total. The summed E-state index contributed by atoms with van der Waals surface area (Å²) >= 11 is 3.11. The third kappa shape index (κ3) is 6.53. The lowest BCUT2D eigenvalue weighted by Crippen LogP contribution is -2.83. The molecule has 10 nitrogen and oxygen atoms in total. The van der Waals surface area contributed by atoms with Crippen molar-refractivity contribution in [2.45, 2.75) is 18.6 Å². The first-order chi connectivity index (χ1) is 22.8. The van der Waals surface area contributed by atoms with E-state index < -0.39 is 43.4 Å². The Kier molecular flexibility index (Phi) is 10.7. The van der Waals surface area contributed by atoms with Gasteiger partial charge in [-0.2, -0.15) is 0 Å². The van der Waals surface area contributed by atoms with E-state index in [9.17, 15) is 24.3 Å². The Morgan fingerprint density at radius 3 is 1.72 bits per heavy atom. The van der Waals surface area contributed by atoms with Gasteiger partial charge in [-0.25, -0.2) is 9.59 Å². The molecule has 0 saturated carbocycles. The highest BCUT2D eigenvalue weighted by molar-refractivity contribution is 9.09. The SMILES string of the molecule is COC1(NC(=O)OCc2ccccc2)C(=O)N(C(C(=O)O)=P(c2ccccc2)(c2ccccc2)c2ccccc2)C1OCC(=O)CBr. The van der Waals surface area contributed by atoms with Crippen LogP contribution < -0.4 is 21.2 Å². The minimum atomic E-state index is -3.38. The van der Waals surface area contributed by atoms with Crippen LogP contribution in [0.1, 0.15) is 5.56 Å². The zero-order chi connectivity index (χ0) is 33.4. The Hall–Kier alpha value is -4.54. The monoisotopic (exact) mass is 718 g/mol. The number of alkyl carbamates (subject to hydrolysis) is 1. The molecule has 242 valence electrons. The second-order valence-electron chi connectivity index (χ2n) is 10.4. The molecule has 1 heterocycles. The number of ketones is 1. The number of benzene rings is 4. The largest absolute Gasteiger partial charge is 0.477 e. The first-order valence-electron chi connectivity index (χ1n) is 14.5. The minimum Gasteiger partial charge on any atom is -0.477 e. The van der Waals surface area contributed by atoms with Crippen LogP contribution in [0, 0.1) is 0 Å². The molecule has 0 aliphatic carbocycles. The fourth-order valence-corrected chi connectivity index (χ4v) is 10.0. The maximum absolute atomic E-state index is 14.4. The molecule has 0 spiro atoms. The molecule has 4 aromatic carbocycles. The molecule has 2 atom stereocenters. The molecule has 2 unspecified atom stereocenters. The van der Waals surface area contributed by atoms with Crippen LogP contribution in [0.2, 0.25) is 0 Å². The summed E-state index contributed by atoms with van der Waals surface area (Å²) in [5.74, 6) is -2.68. The Bertz CT molecular complexity index is 1690. The Labute approximate surface area is 280 Å². The predicted molar refractivity (Wildman–Crippen MR) is 183 cm³/mol. The van der Waals surface area contributed by atoms with Crippen molar-refractivity contribution in [3.05, 3.63) is 127 Å². The van der Waals surface area contributed by atoms with Crippen LogP contribution in [0.25, 0.3) is 0 Å². The van der Waals surface area contributed by atoms with Crippen molar-refractivity contribution in [2.24, 2.45) is 0 Å². The number of halogens is 1. The van der Waals surface area contributed by atoms with Gasteiger partial charge in [0.15, 0.2) is 12.0 Å². The van der Waals surface area contributed by atoms with Gasteiger partial charge in [0.05, 0.1) is 5.33 Å². The van der Waals surface area contributed by atoms with Crippen molar-refractivity contribution in [1.82, 2.24) is 10.2 Å². The molecule has 47 heavy (non-hydrogen) atoms. The summed E-state index contributed by atoms with van der Waals surface area (Å²) in [4.78, 5) is 54.7. The number of rotatable bonds is 13. The molecular weight excluding hydrogens is 687 g/mol. The second kappa shape index (κ2) is 14.9. The van der Waals surface area contributed by atoms with E-state index in [-0.39, 0.29) is 23.1 Å². The molecular formula is C35H32BrN2O8P. The van der Waals surface area contributed by atoms with E-state index in [4.69, 9.17) is 14.2 Å². The van der Waals surface area contributed by atoms with Crippen LogP contribution >= 0.6 is 22.8 Å². The van der Waals surface area contributed by atoms with Gasteiger partial charge in [0.25, 0.3) is 11.6 Å². The number of likely N-dealkylation sites (tertiary alicyclic amines) is 1. The third-order valence-corrected chi connectivity index (χ3v) is 12.5. The number of hydrogen-bond acceptors (Lipinski definition) is 7. The fourth-order valence-electron chi connectivity index (χ4n) is 5.56. The number of methoxy groups -OCH3 is 1. The summed E-state index contributed by atoms with van der Waals surface area (Å²) < 4.78 is 17.0. The summed E-state index contributed by atoms with van der Waals surface area (Å²) in [6.45, 7) is -3.99. The van der Waals surface area contributed by atoms with Gasteiger partial charge in [0, 0.05) is 14.0 Å². The van der Waals surface area contributed by atoms with E-state index in [1.54, 1.807) is 60.7 Å². The molecule has 2 amide bonds. The maximum atomic E-state index is 14.4. The van der Waals surface area contributed by atoms with Gasteiger partial charge >= 0.3 is 12.1 Å². The average Bonchev–Trinajstić information content (AvgIpc) is 3.12. The Balaban J connectivity index is 1.72. The highest BCUT2D eigenvalue weighted by Crippen LogP contribution is 2.49. The van der Waals surface area contributed by atoms with Crippen LogP contribution in [0.3, 0.4) is 0 Å². The molecule has 0 aromatic heterocycles. The summed E-state index contributed by atoms with van der Waals surface area (Å²) in [6, 6.07) is 36.2. The summed E-state index contributed by atoms with van der Waals surface area (Å²) in [5, 5.41) is 15.5. The average molecular weight is 720 g/mol. The first-order valence-corrected chi connectivity index (χ1v) is 17.4. The number of nitrogens with zero attached hydrogens (tertiary/aromatic N) is 1. The van der Waals surface area contributed by atoms with Crippen LogP contribution in [-0.2, 0) is 35.2 Å². The van der Waals surface area contributed by atoms with E-state index in [0.29, 0.717) is 21.5 Å². The predicted octanol–water partition coefficient (Wildman–Crippen LogP) is 3.61. The number of β-lactam (4-membered cyclic amide) rings is 1. The van der Waals surface area contributed by atoms with Gasteiger partial charge in [-0.05, 0) is 21.5 Å². The van der Waals surface area contributed by atoms with Crippen molar-refractivity contribution in [1.29, 1.82) is 0 Å². The molecule has 4 aromatic rings. The molecule has 1 fully saturated rings. The molecule has 0 radical (unpaired) electrons. The lowest BCUT2D eigenvalue weighted by molar-refractivity contribution is -0.243. The smallest absolute Gasteiger partial charge is 0.410 e. The van der Waals surface area contributed by atoms with Gasteiger partial charge in [0.2, 0.25) is 0 Å². The van der Waals surface area contributed by atoms with Crippen LogP contribution in [0.4, 0.5) is 4.79 Å². The summed E-state index contributed by atoms with van der Waals surface area (Å²) in [6.07, 6.45) is -2.56. The standard InChI is InChI=1S/C35H32BrN2O8P/c1-44-35(37-34(43)46-23-25-14-6-2-7-15-25)32(42)38(33(35)45-24-26(39)22-36)30(31(40)41)47(27-16-8-3-9-17-27,28-18-10-4-11-19-28)29-20-12-5-13-21-29/h2-21,33H,22-24H2,1H3,(H,37,43)(H,40,41). The van der Waals surface area contributed by atoms with Crippen LogP contribution in [0.15, 0.2) is 121 Å². The molecule has 1 aliphatic rings.